The molecule has 6 N–H and O–H groups in total. The molecule has 0 radical (unpaired) electrons. The van der Waals surface area contributed by atoms with Crippen LogP contribution in [0.3, 0.4) is 0 Å². The lowest BCUT2D eigenvalue weighted by Crippen LogP contribution is -2.77. The molecule has 0 heterocycles. The van der Waals surface area contributed by atoms with Crippen molar-refractivity contribution in [2.45, 2.75) is 86.5 Å². The first-order valence-corrected chi connectivity index (χ1v) is 16.0. The van der Waals surface area contributed by atoms with Crippen LogP contribution in [-0.4, -0.2) is 19.8 Å². The Labute approximate surface area is 183 Å². The third-order valence-electron chi connectivity index (χ3n) is 10.2. The van der Waals surface area contributed by atoms with Crippen LogP contribution < -0.4 is 11.5 Å². The second-order valence-electron chi connectivity index (χ2n) is 11.9. The summed E-state index contributed by atoms with van der Waals surface area (Å²) in [5.74, 6) is 4.59. The van der Waals surface area contributed by atoms with Crippen LogP contribution in [0, 0.1) is 46.3 Å². The molecule has 162 valence electrons. The van der Waals surface area contributed by atoms with Crippen molar-refractivity contribution < 1.29 is 0 Å². The van der Waals surface area contributed by atoms with E-state index in [-0.39, 0.29) is 19.8 Å². The van der Waals surface area contributed by atoms with Gasteiger partial charge < -0.3 is 11.5 Å². The van der Waals surface area contributed by atoms with Crippen molar-refractivity contribution in [1.29, 1.82) is 10.8 Å². The van der Waals surface area contributed by atoms with Crippen LogP contribution in [0.2, 0.25) is 0 Å². The van der Waals surface area contributed by atoms with E-state index in [0.29, 0.717) is 0 Å². The highest BCUT2D eigenvalue weighted by Crippen LogP contribution is 2.76. The van der Waals surface area contributed by atoms with Gasteiger partial charge in [0.15, 0.2) is 5.17 Å². The Bertz CT molecular complexity index is 744. The lowest BCUT2D eigenvalue weighted by atomic mass is 9.55. The van der Waals surface area contributed by atoms with E-state index >= 15 is 0 Å². The van der Waals surface area contributed by atoms with Gasteiger partial charge in [-0.1, -0.05) is 17.9 Å². The molecular weight excluding hydrogens is 416 g/mol. The maximum Gasteiger partial charge on any atom is 0.161 e. The zero-order valence-electron chi connectivity index (χ0n) is 17.3. The summed E-state index contributed by atoms with van der Waals surface area (Å²) in [6, 6.07) is 0. The van der Waals surface area contributed by atoms with E-state index in [0.717, 1.165) is 74.0 Å². The molecule has 8 aliphatic rings. The summed E-state index contributed by atoms with van der Waals surface area (Å²) in [5.41, 5.74) is 12.9. The molecule has 0 unspecified atom stereocenters. The van der Waals surface area contributed by atoms with Crippen LogP contribution in [-0.2, 0) is 17.9 Å². The van der Waals surface area contributed by atoms with E-state index in [9.17, 15) is 5.41 Å². The van der Waals surface area contributed by atoms with Crippen molar-refractivity contribution in [2.75, 3.05) is 0 Å². The van der Waals surface area contributed by atoms with Gasteiger partial charge >= 0.3 is 0 Å². The Morgan fingerprint density at radius 1 is 0.690 bits per heavy atom. The van der Waals surface area contributed by atoms with Gasteiger partial charge in [0.2, 0.25) is 0 Å². The summed E-state index contributed by atoms with van der Waals surface area (Å²) in [4.78, 5) is 0. The van der Waals surface area contributed by atoms with E-state index in [4.69, 9.17) is 28.1 Å². The lowest BCUT2D eigenvalue weighted by molar-refractivity contribution is 0.0211. The van der Waals surface area contributed by atoms with Crippen molar-refractivity contribution in [3.05, 3.63) is 0 Å². The number of nitrogens with one attached hydrogen (secondary N) is 2. The predicted octanol–water partition coefficient (Wildman–Crippen LogP) is 4.51. The van der Waals surface area contributed by atoms with Gasteiger partial charge in [-0.05, 0) is 123 Å². The van der Waals surface area contributed by atoms with Gasteiger partial charge in [-0.15, -0.1) is 0 Å². The van der Waals surface area contributed by atoms with E-state index in [1.165, 1.54) is 49.3 Å². The highest BCUT2D eigenvalue weighted by molar-refractivity contribution is 9.08. The van der Waals surface area contributed by atoms with E-state index in [1.54, 1.807) is 0 Å². The van der Waals surface area contributed by atoms with Crippen LogP contribution in [0.1, 0.15) is 77.0 Å². The molecule has 0 aromatic carbocycles. The van der Waals surface area contributed by atoms with Crippen LogP contribution in [0.15, 0.2) is 0 Å². The number of amidine groups is 2. The fourth-order valence-corrected chi connectivity index (χ4v) is 21.6. The number of hydrogen-bond donors (Lipinski definition) is 4. The Morgan fingerprint density at radius 2 is 0.966 bits per heavy atom. The molecule has 7 heteroatoms. The molecule has 0 atom stereocenters. The van der Waals surface area contributed by atoms with Gasteiger partial charge in [0.1, 0.15) is 5.17 Å². The second kappa shape index (κ2) is 5.80. The highest BCUT2D eigenvalue weighted by Gasteiger charge is 2.73. The summed E-state index contributed by atoms with van der Waals surface area (Å²) in [6.07, 6.45) is 15.1. The summed E-state index contributed by atoms with van der Waals surface area (Å²) in [6.45, 7) is -3.10. The molecule has 8 saturated carbocycles. The highest BCUT2D eigenvalue weighted by atomic mass is 33.4. The smallest absolute Gasteiger partial charge is 0.161 e. The third kappa shape index (κ3) is 2.21. The molecule has 0 spiro atoms. The first-order valence-electron chi connectivity index (χ1n) is 11.7. The minimum atomic E-state index is -3.10. The molecule has 0 aromatic rings. The van der Waals surface area contributed by atoms with E-state index in [2.05, 4.69) is 0 Å². The third-order valence-corrected chi connectivity index (χ3v) is 23.1. The van der Waals surface area contributed by atoms with Gasteiger partial charge in [-0.25, -0.2) is 0 Å². The summed E-state index contributed by atoms with van der Waals surface area (Å²) >= 11 is 7.05. The van der Waals surface area contributed by atoms with Gasteiger partial charge in [0.05, 0.1) is 0 Å². The average Bonchev–Trinajstić information content (AvgIpc) is 2.58. The van der Waals surface area contributed by atoms with Gasteiger partial charge in [-0.2, -0.15) is 0 Å². The molecule has 8 bridgehead atoms. The monoisotopic (exact) mass is 452 g/mol. The molecule has 4 nitrogen and oxygen atoms in total. The number of hydrogen-bond acceptors (Lipinski definition) is 4. The minimum absolute atomic E-state index is 0.0326. The topological polar surface area (TPSA) is 99.7 Å². The zero-order chi connectivity index (χ0) is 20.3. The second-order valence-corrected chi connectivity index (χ2v) is 21.5. The molecule has 0 aliphatic heterocycles. The summed E-state index contributed by atoms with van der Waals surface area (Å²) < 4.78 is -0.0652. The van der Waals surface area contributed by atoms with Crippen molar-refractivity contribution in [3.8, 4) is 0 Å². The van der Waals surface area contributed by atoms with Crippen LogP contribution >= 0.6 is 10.8 Å². The summed E-state index contributed by atoms with van der Waals surface area (Å²) in [5, 5.41) is 18.1. The van der Waals surface area contributed by atoms with Crippen molar-refractivity contribution in [2.24, 2.45) is 47.0 Å². The Kier molecular flexibility index (Phi) is 3.91. The molecular formula is C22H36N4S3. The van der Waals surface area contributed by atoms with Gasteiger partial charge in [-0.3, -0.25) is 10.8 Å². The molecule has 0 amide bonds. The number of nitrogens with two attached hydrogens (primary N) is 2. The largest absolute Gasteiger partial charge is 0.379 e. The van der Waals surface area contributed by atoms with Crippen molar-refractivity contribution in [3.63, 3.8) is 0 Å². The molecule has 0 saturated heterocycles. The molecule has 8 fully saturated rings. The molecule has 0 aromatic heterocycles. The SMILES string of the molecule is N=C(N)SS(=S)(C(=N)N)(C12CC3CC(CC(C3)C1)C2)C12CC3CC(CC(C3)C1)C2. The van der Waals surface area contributed by atoms with Gasteiger partial charge in [0.25, 0.3) is 0 Å². The Hall–Kier alpha value is -0.140. The van der Waals surface area contributed by atoms with Crippen LogP contribution in [0.4, 0.5) is 0 Å². The van der Waals surface area contributed by atoms with Crippen LogP contribution in [0.25, 0.3) is 0 Å². The van der Waals surface area contributed by atoms with Crippen LogP contribution in [0.5, 0.6) is 0 Å². The fraction of sp³-hybridized carbons (Fsp3) is 0.909. The van der Waals surface area contributed by atoms with Crippen molar-refractivity contribution in [1.82, 2.24) is 0 Å². The minimum Gasteiger partial charge on any atom is -0.379 e. The number of rotatable bonds is 2. The molecule has 29 heavy (non-hydrogen) atoms. The molecule has 8 rings (SSSR count). The Morgan fingerprint density at radius 3 is 1.17 bits per heavy atom. The standard InChI is InChI=1S/C22H36N4S3/c23-19(24)28-29(27,20(25)26,21-7-13-1-14(8-21)3-15(2-13)9-21)22-10-16-4-17(11-22)6-18(5-16)12-22/h13-18H,1-12H2,(H3,23,24)(H3,25,26). The maximum absolute atomic E-state index is 9.21. The van der Waals surface area contributed by atoms with Crippen molar-refractivity contribution >= 4 is 39.1 Å². The van der Waals surface area contributed by atoms with Gasteiger partial charge in [0, 0.05) is 9.49 Å². The first-order chi connectivity index (χ1) is 13.7. The Balaban J connectivity index is 1.60. The normalized spacial score (nSPS) is 51.0. The van der Waals surface area contributed by atoms with E-state index < -0.39 is 6.75 Å². The predicted molar refractivity (Wildman–Crippen MR) is 128 cm³/mol. The molecule has 8 aliphatic carbocycles. The lowest BCUT2D eigenvalue weighted by Gasteiger charge is -2.76. The quantitative estimate of drug-likeness (QED) is 0.281. The zero-order valence-corrected chi connectivity index (χ0v) is 19.8. The average molecular weight is 453 g/mol. The maximum atomic E-state index is 9.21. The fourth-order valence-electron chi connectivity index (χ4n) is 10.3. The first kappa shape index (κ1) is 19.5. The van der Waals surface area contributed by atoms with E-state index in [1.807, 2.05) is 0 Å². The summed E-state index contributed by atoms with van der Waals surface area (Å²) in [7, 11) is 1.47.